The number of aliphatic carboxylic acids is 1. The molecule has 1 aromatic rings. The number of benzene rings is 1. The van der Waals surface area contributed by atoms with E-state index in [9.17, 15) is 24.4 Å². The highest BCUT2D eigenvalue weighted by Crippen LogP contribution is 2.39. The summed E-state index contributed by atoms with van der Waals surface area (Å²) in [6.45, 7) is 2.96. The summed E-state index contributed by atoms with van der Waals surface area (Å²) in [6, 6.07) is 5.47. The number of nitrogens with one attached hydrogen (secondary N) is 1. The van der Waals surface area contributed by atoms with Gasteiger partial charge in [-0.1, -0.05) is 18.2 Å². The Morgan fingerprint density at radius 3 is 2.48 bits per heavy atom. The molecule has 1 atom stereocenters. The zero-order chi connectivity index (χ0) is 15.7. The van der Waals surface area contributed by atoms with Gasteiger partial charge in [-0.05, 0) is 19.9 Å². The van der Waals surface area contributed by atoms with Gasteiger partial charge in [-0.2, -0.15) is 0 Å². The fraction of sp³-hybridized carbons (Fsp3) is 0.214. The molecule has 1 unspecified atom stereocenters. The molecule has 1 aromatic carbocycles. The van der Waals surface area contributed by atoms with Crippen molar-refractivity contribution in [3.8, 4) is 0 Å². The van der Waals surface area contributed by atoms with Gasteiger partial charge in [-0.3, -0.25) is 10.1 Å². The minimum atomic E-state index is -1.32. The molecule has 0 fully saturated rings. The number of carbonyl (C=O) groups is 1. The molecule has 0 aliphatic carbocycles. The van der Waals surface area contributed by atoms with E-state index in [2.05, 4.69) is 5.32 Å². The second-order valence-corrected chi connectivity index (χ2v) is 4.69. The molecule has 0 aromatic heterocycles. The van der Waals surface area contributed by atoms with Crippen LogP contribution >= 0.6 is 0 Å². The molecular formula is C14H13FN2O4. The van der Waals surface area contributed by atoms with Crippen LogP contribution in [0.1, 0.15) is 25.3 Å². The van der Waals surface area contributed by atoms with Crippen LogP contribution in [-0.2, 0) is 4.79 Å². The van der Waals surface area contributed by atoms with Crippen molar-refractivity contribution in [1.82, 2.24) is 5.32 Å². The lowest BCUT2D eigenvalue weighted by molar-refractivity contribution is -0.431. The van der Waals surface area contributed by atoms with Crippen molar-refractivity contribution in [2.24, 2.45) is 0 Å². The summed E-state index contributed by atoms with van der Waals surface area (Å²) in [5, 5.41) is 23.3. The number of carboxylic acid groups (broad SMARTS) is 1. The fourth-order valence-electron chi connectivity index (χ4n) is 2.52. The third-order valence-electron chi connectivity index (χ3n) is 3.37. The highest BCUT2D eigenvalue weighted by molar-refractivity contribution is 5.90. The molecule has 7 heteroatoms. The molecule has 0 saturated carbocycles. The molecule has 2 N–H and O–H groups in total. The quantitative estimate of drug-likeness (QED) is 0.659. The Balaban J connectivity index is 2.74. The Morgan fingerprint density at radius 2 is 1.95 bits per heavy atom. The molecule has 0 spiro atoms. The van der Waals surface area contributed by atoms with Crippen LogP contribution in [0.4, 0.5) is 4.39 Å². The van der Waals surface area contributed by atoms with E-state index in [1.54, 1.807) is 0 Å². The zero-order valence-electron chi connectivity index (χ0n) is 11.4. The van der Waals surface area contributed by atoms with Gasteiger partial charge >= 0.3 is 5.97 Å². The van der Waals surface area contributed by atoms with Gasteiger partial charge < -0.3 is 10.4 Å². The van der Waals surface area contributed by atoms with Crippen molar-refractivity contribution in [2.75, 3.05) is 0 Å². The Hall–Kier alpha value is -2.70. The van der Waals surface area contributed by atoms with E-state index in [0.717, 1.165) is 6.07 Å². The Morgan fingerprint density at radius 1 is 1.33 bits per heavy atom. The van der Waals surface area contributed by atoms with Crippen molar-refractivity contribution >= 4 is 5.97 Å². The van der Waals surface area contributed by atoms with Crippen LogP contribution in [-0.4, -0.2) is 16.0 Å². The Bertz CT molecular complexity index is 658. The van der Waals surface area contributed by atoms with Crippen molar-refractivity contribution < 1.29 is 19.2 Å². The molecular weight excluding hydrogens is 279 g/mol. The lowest BCUT2D eigenvalue weighted by Crippen LogP contribution is -2.31. The monoisotopic (exact) mass is 292 g/mol. The van der Waals surface area contributed by atoms with Crippen molar-refractivity contribution in [1.29, 1.82) is 0 Å². The largest absolute Gasteiger partial charge is 0.478 e. The molecule has 1 heterocycles. The van der Waals surface area contributed by atoms with Crippen molar-refractivity contribution in [3.63, 3.8) is 0 Å². The van der Waals surface area contributed by atoms with Crippen LogP contribution in [0.2, 0.25) is 0 Å². The van der Waals surface area contributed by atoms with Gasteiger partial charge in [0, 0.05) is 11.3 Å². The van der Waals surface area contributed by atoms with Crippen molar-refractivity contribution in [2.45, 2.75) is 19.8 Å². The van der Waals surface area contributed by atoms with E-state index in [1.165, 1.54) is 32.0 Å². The average molecular weight is 292 g/mol. The van der Waals surface area contributed by atoms with Crippen molar-refractivity contribution in [3.05, 3.63) is 68.4 Å². The van der Waals surface area contributed by atoms with E-state index in [-0.39, 0.29) is 28.2 Å². The molecule has 6 nitrogen and oxygen atoms in total. The molecule has 110 valence electrons. The number of hydrogen-bond acceptors (Lipinski definition) is 4. The molecule has 1 aliphatic rings. The normalized spacial score (nSPS) is 18.5. The maximum absolute atomic E-state index is 14.0. The van der Waals surface area contributed by atoms with Gasteiger partial charge in [0.05, 0.1) is 16.2 Å². The predicted octanol–water partition coefficient (Wildman–Crippen LogP) is 2.38. The third-order valence-corrected chi connectivity index (χ3v) is 3.37. The topological polar surface area (TPSA) is 92.5 Å². The standard InChI is InChI=1S/C14H13FN2O4/c1-7-11(14(18)19)12(9-5-3-4-6-10(9)15)13(17(20)21)8(2)16-7/h3-6,12,16H,1-2H3,(H,18,19). The van der Waals surface area contributed by atoms with Crippen LogP contribution in [0.15, 0.2) is 46.9 Å². The molecule has 0 bridgehead atoms. The summed E-state index contributed by atoms with van der Waals surface area (Å²) >= 11 is 0. The molecule has 0 amide bonds. The SMILES string of the molecule is CC1=C(C(=O)O)C(c2ccccc2F)C([N+](=O)[O-])=C(C)N1. The molecule has 21 heavy (non-hydrogen) atoms. The second-order valence-electron chi connectivity index (χ2n) is 4.69. The van der Waals surface area contributed by atoms with Gasteiger partial charge in [0.25, 0.3) is 5.70 Å². The lowest BCUT2D eigenvalue weighted by atomic mass is 9.84. The smallest absolute Gasteiger partial charge is 0.334 e. The maximum Gasteiger partial charge on any atom is 0.334 e. The number of dihydropyridines is 1. The van der Waals surface area contributed by atoms with Crippen LogP contribution in [0.3, 0.4) is 0 Å². The number of allylic oxidation sites excluding steroid dienone is 3. The maximum atomic E-state index is 14.0. The van der Waals surface area contributed by atoms with Gasteiger partial charge in [0.2, 0.25) is 0 Å². The van der Waals surface area contributed by atoms with E-state index in [1.807, 2.05) is 0 Å². The fourth-order valence-corrected chi connectivity index (χ4v) is 2.52. The number of nitrogens with zero attached hydrogens (tertiary/aromatic N) is 1. The van der Waals surface area contributed by atoms with Gasteiger partial charge in [-0.15, -0.1) is 0 Å². The molecule has 0 saturated heterocycles. The summed E-state index contributed by atoms with van der Waals surface area (Å²) < 4.78 is 14.0. The highest BCUT2D eigenvalue weighted by Gasteiger charge is 2.41. The molecule has 2 rings (SSSR count). The molecule has 1 aliphatic heterocycles. The number of halogens is 1. The number of rotatable bonds is 3. The number of hydrogen-bond donors (Lipinski definition) is 2. The van der Waals surface area contributed by atoms with Crippen LogP contribution in [0, 0.1) is 15.9 Å². The number of carboxylic acids is 1. The van der Waals surface area contributed by atoms with Gasteiger partial charge in [0.15, 0.2) is 0 Å². The zero-order valence-corrected chi connectivity index (χ0v) is 11.4. The minimum Gasteiger partial charge on any atom is -0.478 e. The first-order valence-corrected chi connectivity index (χ1v) is 6.15. The average Bonchev–Trinajstić information content (AvgIpc) is 2.37. The van der Waals surface area contributed by atoms with E-state index in [0.29, 0.717) is 0 Å². The Labute approximate surface area is 119 Å². The first-order valence-electron chi connectivity index (χ1n) is 6.15. The van der Waals surface area contributed by atoms with E-state index < -0.39 is 22.6 Å². The van der Waals surface area contributed by atoms with E-state index in [4.69, 9.17) is 0 Å². The van der Waals surface area contributed by atoms with Crippen LogP contribution in [0.25, 0.3) is 0 Å². The van der Waals surface area contributed by atoms with Crippen LogP contribution < -0.4 is 5.32 Å². The minimum absolute atomic E-state index is 0.0261. The predicted molar refractivity (Wildman–Crippen MR) is 72.3 cm³/mol. The highest BCUT2D eigenvalue weighted by atomic mass is 19.1. The second kappa shape index (κ2) is 5.35. The summed E-state index contributed by atoms with van der Waals surface area (Å²) in [6.07, 6.45) is 0. The van der Waals surface area contributed by atoms with E-state index >= 15 is 0 Å². The summed E-state index contributed by atoms with van der Waals surface area (Å²) in [4.78, 5) is 22.1. The number of nitro groups is 1. The summed E-state index contributed by atoms with van der Waals surface area (Å²) in [5.74, 6) is -3.25. The summed E-state index contributed by atoms with van der Waals surface area (Å²) in [7, 11) is 0. The first kappa shape index (κ1) is 14.7. The van der Waals surface area contributed by atoms with Gasteiger partial charge in [0.1, 0.15) is 11.7 Å². The lowest BCUT2D eigenvalue weighted by Gasteiger charge is -2.25. The first-order chi connectivity index (χ1) is 9.84. The van der Waals surface area contributed by atoms with Crippen LogP contribution in [0.5, 0.6) is 0 Å². The Kier molecular flexibility index (Phi) is 3.75. The summed E-state index contributed by atoms with van der Waals surface area (Å²) in [5.41, 5.74) is -0.142. The molecule has 0 radical (unpaired) electrons. The van der Waals surface area contributed by atoms with Gasteiger partial charge in [-0.25, -0.2) is 9.18 Å². The third kappa shape index (κ3) is 2.49.